The SMILES string of the molecule is CN(CC(=O)NC1CC1)S(=O)(=O)c1cc(N)c(F)cc1Br. The molecule has 1 aliphatic rings. The average Bonchev–Trinajstić information content (AvgIpc) is 3.17. The summed E-state index contributed by atoms with van der Waals surface area (Å²) in [5, 5.41) is 2.70. The lowest BCUT2D eigenvalue weighted by molar-refractivity contribution is -0.121. The van der Waals surface area contributed by atoms with Crippen molar-refractivity contribution in [2.75, 3.05) is 19.3 Å². The zero-order chi connectivity index (χ0) is 15.8. The first-order valence-electron chi connectivity index (χ1n) is 6.22. The van der Waals surface area contributed by atoms with E-state index in [9.17, 15) is 17.6 Å². The number of nitrogens with zero attached hydrogens (tertiary/aromatic N) is 1. The van der Waals surface area contributed by atoms with Crippen LogP contribution in [0, 0.1) is 5.82 Å². The summed E-state index contributed by atoms with van der Waals surface area (Å²) in [7, 11) is -2.65. The highest BCUT2D eigenvalue weighted by Crippen LogP contribution is 2.28. The van der Waals surface area contributed by atoms with Crippen LogP contribution in [0.5, 0.6) is 0 Å². The van der Waals surface area contributed by atoms with Gasteiger partial charge in [0.25, 0.3) is 0 Å². The summed E-state index contributed by atoms with van der Waals surface area (Å²) >= 11 is 3.00. The fourth-order valence-electron chi connectivity index (χ4n) is 1.70. The van der Waals surface area contributed by atoms with E-state index < -0.39 is 15.8 Å². The van der Waals surface area contributed by atoms with Gasteiger partial charge in [-0.2, -0.15) is 4.31 Å². The molecule has 0 spiro atoms. The van der Waals surface area contributed by atoms with Crippen LogP contribution in [0.4, 0.5) is 10.1 Å². The van der Waals surface area contributed by atoms with Gasteiger partial charge < -0.3 is 11.1 Å². The minimum atomic E-state index is -3.94. The van der Waals surface area contributed by atoms with E-state index in [1.807, 2.05) is 0 Å². The van der Waals surface area contributed by atoms with Crippen LogP contribution in [-0.2, 0) is 14.8 Å². The van der Waals surface area contributed by atoms with Crippen LogP contribution < -0.4 is 11.1 Å². The fourth-order valence-corrected chi connectivity index (χ4v) is 3.83. The van der Waals surface area contributed by atoms with Crippen LogP contribution in [0.2, 0.25) is 0 Å². The number of carbonyl (C=O) groups excluding carboxylic acids is 1. The molecule has 1 fully saturated rings. The van der Waals surface area contributed by atoms with Crippen molar-refractivity contribution < 1.29 is 17.6 Å². The van der Waals surface area contributed by atoms with Crippen molar-refractivity contribution in [2.45, 2.75) is 23.8 Å². The molecule has 1 aromatic rings. The van der Waals surface area contributed by atoms with E-state index in [-0.39, 0.29) is 33.5 Å². The van der Waals surface area contributed by atoms with Crippen molar-refractivity contribution >= 4 is 37.5 Å². The first kappa shape index (κ1) is 16.2. The van der Waals surface area contributed by atoms with Gasteiger partial charge in [-0.25, -0.2) is 12.8 Å². The van der Waals surface area contributed by atoms with Crippen molar-refractivity contribution in [1.82, 2.24) is 9.62 Å². The van der Waals surface area contributed by atoms with Crippen LogP contribution >= 0.6 is 15.9 Å². The number of carbonyl (C=O) groups is 1. The molecule has 0 aliphatic heterocycles. The number of sulfonamides is 1. The number of amides is 1. The number of nitrogens with one attached hydrogen (secondary N) is 1. The first-order valence-corrected chi connectivity index (χ1v) is 8.45. The number of nitrogen functional groups attached to an aromatic ring is 1. The van der Waals surface area contributed by atoms with Crippen molar-refractivity contribution in [3.05, 3.63) is 22.4 Å². The maximum atomic E-state index is 13.3. The molecule has 1 amide bonds. The van der Waals surface area contributed by atoms with E-state index in [0.29, 0.717) is 0 Å². The second-order valence-electron chi connectivity index (χ2n) is 4.91. The van der Waals surface area contributed by atoms with Gasteiger partial charge in [0.05, 0.1) is 17.1 Å². The zero-order valence-electron chi connectivity index (χ0n) is 11.3. The lowest BCUT2D eigenvalue weighted by Gasteiger charge is -2.18. The second-order valence-corrected chi connectivity index (χ2v) is 7.77. The Bertz CT molecular complexity index is 677. The summed E-state index contributed by atoms with van der Waals surface area (Å²) < 4.78 is 39.0. The van der Waals surface area contributed by atoms with Gasteiger partial charge in [-0.1, -0.05) is 0 Å². The molecule has 1 aromatic carbocycles. The Balaban J connectivity index is 2.20. The molecule has 2 rings (SSSR count). The molecule has 0 unspecified atom stereocenters. The molecular formula is C12H15BrFN3O3S. The van der Waals surface area contributed by atoms with Crippen LogP contribution in [0.15, 0.2) is 21.5 Å². The van der Waals surface area contributed by atoms with Crippen LogP contribution in [-0.4, -0.2) is 38.3 Å². The van der Waals surface area contributed by atoms with Crippen LogP contribution in [0.1, 0.15) is 12.8 Å². The van der Waals surface area contributed by atoms with E-state index >= 15 is 0 Å². The summed E-state index contributed by atoms with van der Waals surface area (Å²) in [5.74, 6) is -1.08. The number of anilines is 1. The van der Waals surface area contributed by atoms with Crippen LogP contribution in [0.3, 0.4) is 0 Å². The quantitative estimate of drug-likeness (QED) is 0.748. The van der Waals surface area contributed by atoms with Gasteiger partial charge in [-0.3, -0.25) is 4.79 Å². The highest BCUT2D eigenvalue weighted by molar-refractivity contribution is 9.10. The third-order valence-electron chi connectivity index (χ3n) is 3.05. The molecule has 116 valence electrons. The number of halogens is 2. The van der Waals surface area contributed by atoms with E-state index in [0.717, 1.165) is 29.3 Å². The maximum Gasteiger partial charge on any atom is 0.244 e. The van der Waals surface area contributed by atoms with Crippen molar-refractivity contribution in [2.24, 2.45) is 0 Å². The highest BCUT2D eigenvalue weighted by Gasteiger charge is 2.28. The molecule has 0 atom stereocenters. The monoisotopic (exact) mass is 379 g/mol. The van der Waals surface area contributed by atoms with Crippen LogP contribution in [0.25, 0.3) is 0 Å². The van der Waals surface area contributed by atoms with Gasteiger partial charge in [-0.15, -0.1) is 0 Å². The Morgan fingerprint density at radius 1 is 1.52 bits per heavy atom. The van der Waals surface area contributed by atoms with Crippen molar-refractivity contribution in [3.63, 3.8) is 0 Å². The third-order valence-corrected chi connectivity index (χ3v) is 5.81. The van der Waals surface area contributed by atoms with Gasteiger partial charge in [0.15, 0.2) is 0 Å². The molecule has 6 nitrogen and oxygen atoms in total. The summed E-state index contributed by atoms with van der Waals surface area (Å²) in [5.41, 5.74) is 5.13. The molecule has 9 heteroatoms. The summed E-state index contributed by atoms with van der Waals surface area (Å²) in [4.78, 5) is 11.5. The van der Waals surface area contributed by atoms with Gasteiger partial charge >= 0.3 is 0 Å². The first-order chi connectivity index (χ1) is 9.71. The number of rotatable bonds is 5. The Hall–Kier alpha value is -1.19. The van der Waals surface area contributed by atoms with Crippen molar-refractivity contribution in [3.8, 4) is 0 Å². The molecular weight excluding hydrogens is 365 g/mol. The molecule has 3 N–H and O–H groups in total. The van der Waals surface area contributed by atoms with E-state index in [4.69, 9.17) is 5.73 Å². The molecule has 21 heavy (non-hydrogen) atoms. The molecule has 0 saturated heterocycles. The molecule has 1 saturated carbocycles. The fraction of sp³-hybridized carbons (Fsp3) is 0.417. The van der Waals surface area contributed by atoms with E-state index in [1.54, 1.807) is 0 Å². The minimum Gasteiger partial charge on any atom is -0.396 e. The molecule has 0 aromatic heterocycles. The Labute approximate surface area is 130 Å². The molecule has 0 bridgehead atoms. The highest BCUT2D eigenvalue weighted by atomic mass is 79.9. The number of hydrogen-bond acceptors (Lipinski definition) is 4. The van der Waals surface area contributed by atoms with E-state index in [1.165, 1.54) is 7.05 Å². The zero-order valence-corrected chi connectivity index (χ0v) is 13.7. The van der Waals surface area contributed by atoms with Gasteiger partial charge in [0.1, 0.15) is 5.82 Å². The lowest BCUT2D eigenvalue weighted by Crippen LogP contribution is -2.39. The minimum absolute atomic E-state index is 0.0589. The normalized spacial score (nSPS) is 15.2. The lowest BCUT2D eigenvalue weighted by atomic mass is 10.3. The summed E-state index contributed by atoms with van der Waals surface area (Å²) in [6.07, 6.45) is 1.84. The molecule has 1 aliphatic carbocycles. The third kappa shape index (κ3) is 3.72. The summed E-state index contributed by atoms with van der Waals surface area (Å²) in [6, 6.07) is 2.17. The average molecular weight is 380 g/mol. The smallest absolute Gasteiger partial charge is 0.244 e. The Morgan fingerprint density at radius 2 is 2.14 bits per heavy atom. The Morgan fingerprint density at radius 3 is 2.71 bits per heavy atom. The largest absolute Gasteiger partial charge is 0.396 e. The van der Waals surface area contributed by atoms with E-state index in [2.05, 4.69) is 21.2 Å². The number of benzene rings is 1. The standard InChI is InChI=1S/C12H15BrFN3O3S/c1-17(6-12(18)16-7-2-3-7)21(19,20)11-5-10(15)9(14)4-8(11)13/h4-5,7H,2-3,6,15H2,1H3,(H,16,18). The maximum absolute atomic E-state index is 13.3. The van der Waals surface area contributed by atoms with Gasteiger partial charge in [0.2, 0.25) is 15.9 Å². The van der Waals surface area contributed by atoms with Gasteiger partial charge in [-0.05, 0) is 40.9 Å². The number of nitrogens with two attached hydrogens (primary N) is 1. The molecule has 0 radical (unpaired) electrons. The van der Waals surface area contributed by atoms with Crippen molar-refractivity contribution in [1.29, 1.82) is 0 Å². The number of hydrogen-bond donors (Lipinski definition) is 2. The second kappa shape index (κ2) is 5.90. The topological polar surface area (TPSA) is 92.5 Å². The summed E-state index contributed by atoms with van der Waals surface area (Å²) in [6.45, 7) is -0.303. The van der Waals surface area contributed by atoms with Gasteiger partial charge in [0, 0.05) is 17.6 Å². The predicted octanol–water partition coefficient (Wildman–Crippen LogP) is 1.07. The molecule has 0 heterocycles. The number of likely N-dealkylation sites (N-methyl/N-ethyl adjacent to an activating group) is 1. The Kier molecular flexibility index (Phi) is 4.54. The predicted molar refractivity (Wildman–Crippen MR) is 79.5 cm³/mol.